The largest absolute Gasteiger partial charge is 0.507 e. The van der Waals surface area contributed by atoms with Crippen molar-refractivity contribution >= 4 is 17.4 Å². The van der Waals surface area contributed by atoms with Crippen molar-refractivity contribution in [2.75, 3.05) is 6.54 Å². The molecule has 3 rings (SSSR count). The fourth-order valence-corrected chi connectivity index (χ4v) is 3.10. The molecule has 26 heavy (non-hydrogen) atoms. The minimum Gasteiger partial charge on any atom is -0.507 e. The Bertz CT molecular complexity index is 915. The number of rotatable bonds is 4. The van der Waals surface area contributed by atoms with Crippen LogP contribution >= 0.6 is 0 Å². The lowest BCUT2D eigenvalue weighted by Crippen LogP contribution is -2.29. The van der Waals surface area contributed by atoms with Crippen LogP contribution in [0.3, 0.4) is 0 Å². The molecule has 0 aromatic heterocycles. The molecule has 1 aliphatic heterocycles. The molecule has 1 saturated heterocycles. The second-order valence-corrected chi connectivity index (χ2v) is 6.16. The van der Waals surface area contributed by atoms with Crippen molar-refractivity contribution in [1.82, 2.24) is 4.90 Å². The zero-order valence-corrected chi connectivity index (χ0v) is 14.3. The fraction of sp³-hybridized carbons (Fsp3) is 0.143. The molecule has 5 heteroatoms. The van der Waals surface area contributed by atoms with Gasteiger partial charge in [0.15, 0.2) is 0 Å². The lowest BCUT2D eigenvalue weighted by Gasteiger charge is -2.24. The van der Waals surface area contributed by atoms with E-state index in [4.69, 9.17) is 0 Å². The summed E-state index contributed by atoms with van der Waals surface area (Å²) in [6, 6.07) is 11.7. The monoisotopic (exact) mass is 351 g/mol. The van der Waals surface area contributed by atoms with Crippen LogP contribution in [-0.2, 0) is 9.59 Å². The number of carbonyl (C=O) groups is 2. The molecule has 0 radical (unpaired) electrons. The van der Waals surface area contributed by atoms with E-state index in [1.165, 1.54) is 29.2 Å². The summed E-state index contributed by atoms with van der Waals surface area (Å²) in [5, 5.41) is 10.7. The normalized spacial score (nSPS) is 19.0. The molecular weight excluding hydrogens is 333 g/mol. The summed E-state index contributed by atoms with van der Waals surface area (Å²) in [5.41, 5.74) is 1.79. The minimum absolute atomic E-state index is 0.0497. The summed E-state index contributed by atoms with van der Waals surface area (Å²) in [6.07, 6.45) is 1.49. The maximum atomic E-state index is 13.7. The number of carbonyl (C=O) groups excluding carboxylic acids is 2. The van der Waals surface area contributed by atoms with E-state index >= 15 is 0 Å². The van der Waals surface area contributed by atoms with Crippen LogP contribution in [0.15, 0.2) is 66.8 Å². The number of aliphatic hydroxyl groups excluding tert-OH is 1. The summed E-state index contributed by atoms with van der Waals surface area (Å²) < 4.78 is 13.7. The number of hydrogen-bond acceptors (Lipinski definition) is 3. The number of amides is 1. The van der Waals surface area contributed by atoms with Crippen LogP contribution in [0.4, 0.5) is 4.39 Å². The zero-order chi connectivity index (χ0) is 18.8. The molecule has 2 aromatic carbocycles. The Balaban J connectivity index is 2.21. The number of benzene rings is 2. The highest BCUT2D eigenvalue weighted by Crippen LogP contribution is 2.39. The molecular formula is C21H18FNO3. The van der Waals surface area contributed by atoms with Crippen LogP contribution in [0.1, 0.15) is 22.7 Å². The molecule has 0 unspecified atom stereocenters. The minimum atomic E-state index is -0.870. The molecule has 132 valence electrons. The van der Waals surface area contributed by atoms with Gasteiger partial charge in [-0.15, -0.1) is 6.58 Å². The number of nitrogens with zero attached hydrogens (tertiary/aromatic N) is 1. The quantitative estimate of drug-likeness (QED) is 0.395. The molecule has 0 spiro atoms. The summed E-state index contributed by atoms with van der Waals surface area (Å²) in [6.45, 7) is 5.62. The Labute approximate surface area is 150 Å². The first-order chi connectivity index (χ1) is 12.4. The van der Waals surface area contributed by atoms with Gasteiger partial charge >= 0.3 is 0 Å². The van der Waals surface area contributed by atoms with Gasteiger partial charge in [-0.1, -0.05) is 48.0 Å². The van der Waals surface area contributed by atoms with E-state index in [-0.39, 0.29) is 17.9 Å². The van der Waals surface area contributed by atoms with Gasteiger partial charge in [-0.2, -0.15) is 0 Å². The third-order valence-electron chi connectivity index (χ3n) is 4.36. The van der Waals surface area contributed by atoms with E-state index in [0.29, 0.717) is 11.1 Å². The number of Topliss-reactive ketones (excluding diaryl/α,β-unsaturated/α-hetero) is 1. The summed E-state index contributed by atoms with van der Waals surface area (Å²) in [4.78, 5) is 26.3. The average molecular weight is 351 g/mol. The number of halogens is 1. The molecule has 0 aliphatic carbocycles. The predicted molar refractivity (Wildman–Crippen MR) is 96.8 cm³/mol. The van der Waals surface area contributed by atoms with E-state index in [1.54, 1.807) is 30.3 Å². The van der Waals surface area contributed by atoms with E-state index in [2.05, 4.69) is 6.58 Å². The maximum absolute atomic E-state index is 13.7. The Morgan fingerprint density at radius 2 is 1.92 bits per heavy atom. The Morgan fingerprint density at radius 1 is 1.23 bits per heavy atom. The van der Waals surface area contributed by atoms with Gasteiger partial charge in [0.25, 0.3) is 11.7 Å². The number of aliphatic hydroxyl groups is 1. The van der Waals surface area contributed by atoms with Gasteiger partial charge in [0.1, 0.15) is 11.6 Å². The van der Waals surface area contributed by atoms with Crippen LogP contribution in [0.25, 0.3) is 5.76 Å². The lowest BCUT2D eigenvalue weighted by atomic mass is 9.95. The smallest absolute Gasteiger partial charge is 0.295 e. The van der Waals surface area contributed by atoms with E-state index in [0.717, 1.165) is 5.56 Å². The molecule has 1 fully saturated rings. The van der Waals surface area contributed by atoms with Crippen molar-refractivity contribution < 1.29 is 19.1 Å². The molecule has 4 nitrogen and oxygen atoms in total. The second-order valence-electron chi connectivity index (χ2n) is 6.16. The number of aryl methyl sites for hydroxylation is 1. The number of hydrogen-bond donors (Lipinski definition) is 1. The van der Waals surface area contributed by atoms with Gasteiger partial charge in [0, 0.05) is 12.1 Å². The molecule has 1 aliphatic rings. The molecule has 1 atom stereocenters. The maximum Gasteiger partial charge on any atom is 0.295 e. The predicted octanol–water partition coefficient (Wildman–Crippen LogP) is 3.74. The SMILES string of the molecule is C=CCN1C(=O)C(=O)/C(=C(/O)c2ccc(C)cc2)[C@H]1c1cccc(F)c1. The first-order valence-electron chi connectivity index (χ1n) is 8.16. The molecule has 1 amide bonds. The van der Waals surface area contributed by atoms with Gasteiger partial charge in [-0.05, 0) is 24.6 Å². The van der Waals surface area contributed by atoms with Crippen molar-refractivity contribution in [3.63, 3.8) is 0 Å². The van der Waals surface area contributed by atoms with Gasteiger partial charge in [-0.25, -0.2) is 4.39 Å². The van der Waals surface area contributed by atoms with Crippen molar-refractivity contribution in [3.8, 4) is 0 Å². The molecule has 1 heterocycles. The van der Waals surface area contributed by atoms with E-state index in [1.807, 2.05) is 6.92 Å². The van der Waals surface area contributed by atoms with Crippen molar-refractivity contribution in [3.05, 3.63) is 89.3 Å². The van der Waals surface area contributed by atoms with Gasteiger partial charge < -0.3 is 10.0 Å². The van der Waals surface area contributed by atoms with Gasteiger partial charge in [0.2, 0.25) is 0 Å². The Hall–Kier alpha value is -3.21. The van der Waals surface area contributed by atoms with Crippen LogP contribution in [-0.4, -0.2) is 28.2 Å². The average Bonchev–Trinajstić information content (AvgIpc) is 2.87. The number of ketones is 1. The zero-order valence-electron chi connectivity index (χ0n) is 14.3. The first-order valence-corrected chi connectivity index (χ1v) is 8.16. The second kappa shape index (κ2) is 6.96. The van der Waals surface area contributed by atoms with Crippen LogP contribution in [0.5, 0.6) is 0 Å². The van der Waals surface area contributed by atoms with Crippen LogP contribution in [0, 0.1) is 12.7 Å². The lowest BCUT2D eigenvalue weighted by molar-refractivity contribution is -0.139. The first kappa shape index (κ1) is 17.6. The summed E-state index contributed by atoms with van der Waals surface area (Å²) in [5.74, 6) is -2.29. The molecule has 1 N–H and O–H groups in total. The molecule has 2 aromatic rings. The Kier molecular flexibility index (Phi) is 4.71. The van der Waals surface area contributed by atoms with E-state index < -0.39 is 23.5 Å². The van der Waals surface area contributed by atoms with Gasteiger partial charge in [0.05, 0.1) is 11.6 Å². The topological polar surface area (TPSA) is 57.6 Å². The van der Waals surface area contributed by atoms with E-state index in [9.17, 15) is 19.1 Å². The molecule has 0 bridgehead atoms. The van der Waals surface area contributed by atoms with Crippen LogP contribution in [0.2, 0.25) is 0 Å². The highest BCUT2D eigenvalue weighted by Gasteiger charge is 2.45. The van der Waals surface area contributed by atoms with Crippen molar-refractivity contribution in [2.45, 2.75) is 13.0 Å². The fourth-order valence-electron chi connectivity index (χ4n) is 3.10. The molecule has 0 saturated carbocycles. The number of likely N-dealkylation sites (tertiary alicyclic amines) is 1. The van der Waals surface area contributed by atoms with Crippen molar-refractivity contribution in [2.24, 2.45) is 0 Å². The third-order valence-corrected chi connectivity index (χ3v) is 4.36. The highest BCUT2D eigenvalue weighted by molar-refractivity contribution is 6.46. The Morgan fingerprint density at radius 3 is 2.54 bits per heavy atom. The van der Waals surface area contributed by atoms with Gasteiger partial charge in [-0.3, -0.25) is 9.59 Å². The highest BCUT2D eigenvalue weighted by atomic mass is 19.1. The standard InChI is InChI=1S/C21H18FNO3/c1-3-11-23-18(15-5-4-6-16(22)12-15)17(20(25)21(23)26)19(24)14-9-7-13(2)8-10-14/h3-10,12,18,24H,1,11H2,2H3/b19-17+/t18-/m1/s1. The summed E-state index contributed by atoms with van der Waals surface area (Å²) in [7, 11) is 0. The van der Waals surface area contributed by atoms with Crippen molar-refractivity contribution in [1.29, 1.82) is 0 Å². The summed E-state index contributed by atoms with van der Waals surface area (Å²) >= 11 is 0. The van der Waals surface area contributed by atoms with Crippen LogP contribution < -0.4 is 0 Å². The third kappa shape index (κ3) is 3.04.